The Morgan fingerprint density at radius 3 is 2.37 bits per heavy atom. The van der Waals surface area contributed by atoms with E-state index in [1.807, 2.05) is 6.92 Å². The zero-order chi connectivity index (χ0) is 14.0. The molecule has 2 aromatic rings. The van der Waals surface area contributed by atoms with Crippen molar-refractivity contribution >= 4 is 21.6 Å². The van der Waals surface area contributed by atoms with Crippen LogP contribution in [0.1, 0.15) is 18.5 Å². The van der Waals surface area contributed by atoms with Gasteiger partial charge in [0.15, 0.2) is 11.6 Å². The second-order valence-corrected chi connectivity index (χ2v) is 5.02. The van der Waals surface area contributed by atoms with Crippen LogP contribution in [0.4, 0.5) is 18.9 Å². The molecule has 0 fully saturated rings. The molecule has 0 spiro atoms. The Morgan fingerprint density at radius 1 is 1.00 bits per heavy atom. The van der Waals surface area contributed by atoms with Crippen LogP contribution in [-0.4, -0.2) is 0 Å². The Labute approximate surface area is 117 Å². The van der Waals surface area contributed by atoms with Gasteiger partial charge in [0.1, 0.15) is 5.82 Å². The molecule has 1 unspecified atom stereocenters. The molecule has 1 nitrogen and oxygen atoms in total. The van der Waals surface area contributed by atoms with Crippen LogP contribution in [0.3, 0.4) is 0 Å². The summed E-state index contributed by atoms with van der Waals surface area (Å²) in [6.07, 6.45) is 0. The fraction of sp³-hybridized carbons (Fsp3) is 0.143. The summed E-state index contributed by atoms with van der Waals surface area (Å²) in [4.78, 5) is 0. The molecular weight excluding hydrogens is 319 g/mol. The lowest BCUT2D eigenvalue weighted by Gasteiger charge is -2.17. The third-order valence-electron chi connectivity index (χ3n) is 2.73. The maximum atomic E-state index is 13.1. The van der Waals surface area contributed by atoms with Crippen LogP contribution in [0.25, 0.3) is 0 Å². The van der Waals surface area contributed by atoms with Gasteiger partial charge in [0.25, 0.3) is 0 Å². The van der Waals surface area contributed by atoms with Gasteiger partial charge in [-0.2, -0.15) is 0 Å². The van der Waals surface area contributed by atoms with Crippen molar-refractivity contribution in [3.63, 3.8) is 0 Å². The lowest BCUT2D eigenvalue weighted by Crippen LogP contribution is -2.08. The van der Waals surface area contributed by atoms with Crippen molar-refractivity contribution < 1.29 is 13.2 Å². The molecule has 0 aliphatic rings. The van der Waals surface area contributed by atoms with Crippen LogP contribution in [0.5, 0.6) is 0 Å². The highest BCUT2D eigenvalue weighted by Gasteiger charge is 2.11. The van der Waals surface area contributed by atoms with E-state index >= 15 is 0 Å². The van der Waals surface area contributed by atoms with Crippen LogP contribution < -0.4 is 5.32 Å². The second-order valence-electron chi connectivity index (χ2n) is 4.16. The van der Waals surface area contributed by atoms with Crippen molar-refractivity contribution in [1.82, 2.24) is 0 Å². The molecule has 19 heavy (non-hydrogen) atoms. The highest BCUT2D eigenvalue weighted by molar-refractivity contribution is 9.10. The summed E-state index contributed by atoms with van der Waals surface area (Å²) in [5.41, 5.74) is 1.29. The zero-order valence-corrected chi connectivity index (χ0v) is 11.6. The Hall–Kier alpha value is -1.49. The molecule has 1 atom stereocenters. The summed E-state index contributed by atoms with van der Waals surface area (Å²) in [5.74, 6) is -2.13. The lowest BCUT2D eigenvalue weighted by atomic mass is 10.1. The first-order chi connectivity index (χ1) is 8.97. The maximum Gasteiger partial charge on any atom is 0.160 e. The summed E-state index contributed by atoms with van der Waals surface area (Å²) in [7, 11) is 0. The van der Waals surface area contributed by atoms with Gasteiger partial charge in [-0.15, -0.1) is 0 Å². The lowest BCUT2D eigenvalue weighted by molar-refractivity contribution is 0.509. The molecule has 0 heterocycles. The van der Waals surface area contributed by atoms with Gasteiger partial charge in [0, 0.05) is 22.3 Å². The number of anilines is 1. The topological polar surface area (TPSA) is 12.0 Å². The Kier molecular flexibility index (Phi) is 4.14. The highest BCUT2D eigenvalue weighted by Crippen LogP contribution is 2.27. The summed E-state index contributed by atoms with van der Waals surface area (Å²) in [6, 6.07) is 7.76. The van der Waals surface area contributed by atoms with E-state index in [4.69, 9.17) is 0 Å². The van der Waals surface area contributed by atoms with E-state index in [1.165, 1.54) is 18.2 Å². The SMILES string of the molecule is CC(Nc1ccc(F)c(F)c1)c1ccc(F)cc1Br. The first-order valence-corrected chi connectivity index (χ1v) is 6.43. The number of rotatable bonds is 3. The molecule has 2 aromatic carbocycles. The van der Waals surface area contributed by atoms with Crippen molar-refractivity contribution in [2.75, 3.05) is 5.32 Å². The van der Waals surface area contributed by atoms with E-state index in [-0.39, 0.29) is 11.9 Å². The summed E-state index contributed by atoms with van der Waals surface area (Å²) in [6.45, 7) is 1.85. The predicted octanol–water partition coefficient (Wildman–Crippen LogP) is 5.04. The van der Waals surface area contributed by atoms with E-state index in [0.717, 1.165) is 17.7 Å². The molecule has 0 saturated heterocycles. The maximum absolute atomic E-state index is 13.1. The minimum absolute atomic E-state index is 0.181. The van der Waals surface area contributed by atoms with Gasteiger partial charge in [-0.05, 0) is 36.8 Å². The summed E-state index contributed by atoms with van der Waals surface area (Å²) < 4.78 is 39.5. The van der Waals surface area contributed by atoms with Crippen LogP contribution in [0, 0.1) is 17.5 Å². The number of nitrogens with one attached hydrogen (secondary N) is 1. The summed E-state index contributed by atoms with van der Waals surface area (Å²) in [5, 5.41) is 3.03. The Bertz CT molecular complexity index is 601. The normalized spacial score (nSPS) is 12.3. The standard InChI is InChI=1S/C14H11BrF3N/c1-8(11-4-2-9(16)6-12(11)15)19-10-3-5-13(17)14(18)7-10/h2-8,19H,1H3. The number of hydrogen-bond acceptors (Lipinski definition) is 1. The fourth-order valence-electron chi connectivity index (χ4n) is 1.77. The van der Waals surface area contributed by atoms with Gasteiger partial charge in [-0.25, -0.2) is 13.2 Å². The third kappa shape index (κ3) is 3.29. The minimum atomic E-state index is -0.907. The van der Waals surface area contributed by atoms with Gasteiger partial charge in [0.2, 0.25) is 0 Å². The van der Waals surface area contributed by atoms with Crippen molar-refractivity contribution in [1.29, 1.82) is 0 Å². The molecule has 0 radical (unpaired) electrons. The Balaban J connectivity index is 2.20. The van der Waals surface area contributed by atoms with Gasteiger partial charge in [0.05, 0.1) is 0 Å². The molecule has 5 heteroatoms. The monoisotopic (exact) mass is 329 g/mol. The molecule has 1 N–H and O–H groups in total. The van der Waals surface area contributed by atoms with Crippen LogP contribution in [0.2, 0.25) is 0 Å². The molecule has 0 amide bonds. The molecule has 0 aromatic heterocycles. The van der Waals surface area contributed by atoms with E-state index in [0.29, 0.717) is 10.2 Å². The smallest absolute Gasteiger partial charge is 0.160 e. The van der Waals surface area contributed by atoms with Crippen LogP contribution in [0.15, 0.2) is 40.9 Å². The third-order valence-corrected chi connectivity index (χ3v) is 3.42. The van der Waals surface area contributed by atoms with E-state index in [2.05, 4.69) is 21.2 Å². The van der Waals surface area contributed by atoms with Crippen molar-refractivity contribution in [3.8, 4) is 0 Å². The number of benzene rings is 2. The van der Waals surface area contributed by atoms with Crippen LogP contribution >= 0.6 is 15.9 Å². The fourth-order valence-corrected chi connectivity index (χ4v) is 2.46. The van der Waals surface area contributed by atoms with Crippen molar-refractivity contribution in [2.45, 2.75) is 13.0 Å². The van der Waals surface area contributed by atoms with Gasteiger partial charge < -0.3 is 5.32 Å². The van der Waals surface area contributed by atoms with E-state index in [1.54, 1.807) is 6.07 Å². The molecule has 0 aliphatic carbocycles. The average Bonchev–Trinajstić information content (AvgIpc) is 2.33. The van der Waals surface area contributed by atoms with Gasteiger partial charge >= 0.3 is 0 Å². The first kappa shape index (κ1) is 13.9. The molecule has 2 rings (SSSR count). The molecule has 0 saturated carbocycles. The minimum Gasteiger partial charge on any atom is -0.378 e. The average molecular weight is 330 g/mol. The van der Waals surface area contributed by atoms with E-state index in [9.17, 15) is 13.2 Å². The second kappa shape index (κ2) is 5.65. The molecule has 100 valence electrons. The zero-order valence-electron chi connectivity index (χ0n) is 10.1. The van der Waals surface area contributed by atoms with Gasteiger partial charge in [-0.3, -0.25) is 0 Å². The summed E-state index contributed by atoms with van der Waals surface area (Å²) >= 11 is 3.27. The first-order valence-electron chi connectivity index (χ1n) is 5.64. The molecule has 0 aliphatic heterocycles. The number of hydrogen-bond donors (Lipinski definition) is 1. The highest BCUT2D eigenvalue weighted by atomic mass is 79.9. The Morgan fingerprint density at radius 2 is 1.74 bits per heavy atom. The van der Waals surface area contributed by atoms with Crippen LogP contribution in [-0.2, 0) is 0 Å². The van der Waals surface area contributed by atoms with E-state index < -0.39 is 11.6 Å². The number of halogens is 4. The molecular formula is C14H11BrF3N. The largest absolute Gasteiger partial charge is 0.378 e. The quantitative estimate of drug-likeness (QED) is 0.831. The predicted molar refractivity (Wildman–Crippen MR) is 72.5 cm³/mol. The molecule has 0 bridgehead atoms. The van der Waals surface area contributed by atoms with Gasteiger partial charge in [-0.1, -0.05) is 22.0 Å². The van der Waals surface area contributed by atoms with Crippen molar-refractivity contribution in [3.05, 3.63) is 63.9 Å². The van der Waals surface area contributed by atoms with Crippen molar-refractivity contribution in [2.24, 2.45) is 0 Å².